The summed E-state index contributed by atoms with van der Waals surface area (Å²) in [5.74, 6) is -0.185. The molecule has 0 spiro atoms. The molecule has 2 amide bonds. The van der Waals surface area contributed by atoms with Crippen molar-refractivity contribution < 1.29 is 14.3 Å². The number of nitrogens with zero attached hydrogens (tertiary/aromatic N) is 1. The third-order valence-corrected chi connectivity index (χ3v) is 7.88. The normalized spacial score (nSPS) is 13.6. The van der Waals surface area contributed by atoms with E-state index in [4.69, 9.17) is 15.5 Å². The SMILES string of the molecule is Cc1ccc(C)c(NC(=O)c2c(N=Cc3cc(Br)ccc3OCC(N)=O)sc3c2CCCCCC3)c1. The number of carbonyl (C=O) groups is 2. The predicted molar refractivity (Wildman–Crippen MR) is 150 cm³/mol. The second-order valence-electron chi connectivity index (χ2n) is 9.07. The summed E-state index contributed by atoms with van der Waals surface area (Å²) in [6.07, 6.45) is 8.08. The Morgan fingerprint density at radius 3 is 2.67 bits per heavy atom. The Kier molecular flexibility index (Phi) is 8.59. The van der Waals surface area contributed by atoms with Crippen LogP contribution in [0.2, 0.25) is 0 Å². The lowest BCUT2D eigenvalue weighted by atomic mass is 9.96. The maximum absolute atomic E-state index is 13.7. The van der Waals surface area contributed by atoms with Crippen molar-refractivity contribution in [2.75, 3.05) is 11.9 Å². The van der Waals surface area contributed by atoms with Gasteiger partial charge in [0.2, 0.25) is 0 Å². The molecule has 1 aromatic heterocycles. The van der Waals surface area contributed by atoms with Gasteiger partial charge < -0.3 is 15.8 Å². The number of ether oxygens (including phenoxy) is 1. The second kappa shape index (κ2) is 11.8. The van der Waals surface area contributed by atoms with Gasteiger partial charge in [0.25, 0.3) is 11.8 Å². The Hall–Kier alpha value is -2.97. The zero-order chi connectivity index (χ0) is 25.7. The van der Waals surface area contributed by atoms with Crippen LogP contribution in [0.15, 0.2) is 45.9 Å². The highest BCUT2D eigenvalue weighted by molar-refractivity contribution is 9.10. The first kappa shape index (κ1) is 26.1. The summed E-state index contributed by atoms with van der Waals surface area (Å²) < 4.78 is 6.42. The molecule has 1 aliphatic carbocycles. The third-order valence-electron chi connectivity index (χ3n) is 6.18. The van der Waals surface area contributed by atoms with Crippen LogP contribution in [0.5, 0.6) is 5.75 Å². The number of anilines is 1. The quantitative estimate of drug-likeness (QED) is 0.313. The van der Waals surface area contributed by atoms with Crippen LogP contribution in [-0.2, 0) is 17.6 Å². The van der Waals surface area contributed by atoms with E-state index in [2.05, 4.69) is 21.2 Å². The number of thiophene rings is 1. The number of hydrogen-bond donors (Lipinski definition) is 2. The van der Waals surface area contributed by atoms with E-state index in [9.17, 15) is 9.59 Å². The van der Waals surface area contributed by atoms with Crippen LogP contribution in [-0.4, -0.2) is 24.6 Å². The van der Waals surface area contributed by atoms with Gasteiger partial charge in [-0.3, -0.25) is 9.59 Å². The zero-order valence-corrected chi connectivity index (χ0v) is 22.9. The molecule has 0 saturated carbocycles. The predicted octanol–water partition coefficient (Wildman–Crippen LogP) is 6.65. The number of nitrogens with two attached hydrogens (primary N) is 1. The van der Waals surface area contributed by atoms with Gasteiger partial charge in [-0.05, 0) is 80.5 Å². The number of aryl methyl sites for hydroxylation is 3. The molecule has 0 unspecified atom stereocenters. The number of hydrogen-bond acceptors (Lipinski definition) is 5. The molecule has 8 heteroatoms. The molecular weight excluding hydrogens is 538 g/mol. The van der Waals surface area contributed by atoms with Crippen molar-refractivity contribution in [2.45, 2.75) is 52.4 Å². The van der Waals surface area contributed by atoms with Gasteiger partial charge in [-0.25, -0.2) is 4.99 Å². The van der Waals surface area contributed by atoms with Gasteiger partial charge in [-0.15, -0.1) is 11.3 Å². The molecule has 1 aliphatic rings. The summed E-state index contributed by atoms with van der Waals surface area (Å²) in [4.78, 5) is 30.9. The Balaban J connectivity index is 1.73. The molecule has 3 N–H and O–H groups in total. The summed E-state index contributed by atoms with van der Waals surface area (Å²) in [5, 5.41) is 3.83. The van der Waals surface area contributed by atoms with Crippen molar-refractivity contribution in [2.24, 2.45) is 10.7 Å². The highest BCUT2D eigenvalue weighted by Crippen LogP contribution is 2.39. The molecule has 6 nitrogen and oxygen atoms in total. The van der Waals surface area contributed by atoms with Crippen molar-refractivity contribution >= 4 is 56.0 Å². The molecule has 3 aromatic rings. The third kappa shape index (κ3) is 6.42. The standard InChI is InChI=1S/C28H30BrN3O3S/c1-17-9-10-18(2)22(13-17)32-27(34)26-21-7-5-3-4-6-8-24(21)36-28(26)31-15-19-14-20(29)11-12-23(19)35-16-25(30)33/h9-15H,3-8,16H2,1-2H3,(H2,30,33)(H,32,34). The van der Waals surface area contributed by atoms with Crippen LogP contribution in [0.4, 0.5) is 10.7 Å². The summed E-state index contributed by atoms with van der Waals surface area (Å²) in [5.41, 5.74) is 10.6. The number of benzene rings is 2. The lowest BCUT2D eigenvalue weighted by molar-refractivity contribution is -0.119. The summed E-state index contributed by atoms with van der Waals surface area (Å²) in [7, 11) is 0. The molecule has 0 radical (unpaired) electrons. The van der Waals surface area contributed by atoms with Crippen molar-refractivity contribution in [3.63, 3.8) is 0 Å². The zero-order valence-electron chi connectivity index (χ0n) is 20.5. The minimum absolute atomic E-state index is 0.131. The van der Waals surface area contributed by atoms with E-state index in [-0.39, 0.29) is 12.5 Å². The topological polar surface area (TPSA) is 93.8 Å². The van der Waals surface area contributed by atoms with E-state index in [0.29, 0.717) is 21.9 Å². The van der Waals surface area contributed by atoms with Gasteiger partial charge >= 0.3 is 0 Å². The Morgan fingerprint density at radius 2 is 1.89 bits per heavy atom. The maximum atomic E-state index is 13.7. The van der Waals surface area contributed by atoms with Crippen molar-refractivity contribution in [1.29, 1.82) is 0 Å². The molecule has 0 atom stereocenters. The van der Waals surface area contributed by atoms with Gasteiger partial charge in [0.05, 0.1) is 5.56 Å². The molecule has 0 saturated heterocycles. The molecule has 0 fully saturated rings. The average molecular weight is 569 g/mol. The van der Waals surface area contributed by atoms with Gasteiger partial charge in [-0.2, -0.15) is 0 Å². The monoisotopic (exact) mass is 567 g/mol. The Morgan fingerprint density at radius 1 is 1.11 bits per heavy atom. The van der Waals surface area contributed by atoms with E-state index in [0.717, 1.165) is 52.5 Å². The number of nitrogens with one attached hydrogen (secondary N) is 1. The number of rotatable bonds is 7. The minimum atomic E-state index is -0.552. The van der Waals surface area contributed by atoms with E-state index >= 15 is 0 Å². The molecule has 4 rings (SSSR count). The van der Waals surface area contributed by atoms with Gasteiger partial charge in [0.1, 0.15) is 10.8 Å². The Labute approximate surface area is 224 Å². The molecule has 0 aliphatic heterocycles. The molecule has 0 bridgehead atoms. The lowest BCUT2D eigenvalue weighted by Gasteiger charge is -2.13. The number of aliphatic imine (C=N–C) groups is 1. The van der Waals surface area contributed by atoms with E-state index in [1.165, 1.54) is 17.7 Å². The van der Waals surface area contributed by atoms with Crippen LogP contribution >= 0.6 is 27.3 Å². The molecule has 1 heterocycles. The first-order chi connectivity index (χ1) is 17.3. The van der Waals surface area contributed by atoms with E-state index in [1.807, 2.05) is 44.2 Å². The van der Waals surface area contributed by atoms with Crippen LogP contribution in [0.25, 0.3) is 0 Å². The number of amides is 2. The summed E-state index contributed by atoms with van der Waals surface area (Å²) >= 11 is 5.08. The van der Waals surface area contributed by atoms with Gasteiger partial charge in [0, 0.05) is 26.8 Å². The molecular formula is C28H30BrN3O3S. The molecule has 188 valence electrons. The van der Waals surface area contributed by atoms with Crippen LogP contribution in [0, 0.1) is 13.8 Å². The second-order valence-corrected chi connectivity index (χ2v) is 11.1. The fourth-order valence-corrected chi connectivity index (χ4v) is 5.92. The average Bonchev–Trinajstić information content (AvgIpc) is 3.15. The number of carbonyl (C=O) groups excluding carboxylic acids is 2. The smallest absolute Gasteiger partial charge is 0.259 e. The largest absolute Gasteiger partial charge is 0.483 e. The van der Waals surface area contributed by atoms with Crippen LogP contribution in [0.3, 0.4) is 0 Å². The number of primary amides is 1. The van der Waals surface area contributed by atoms with Crippen molar-refractivity contribution in [1.82, 2.24) is 0 Å². The molecule has 36 heavy (non-hydrogen) atoms. The van der Waals surface area contributed by atoms with Gasteiger partial charge in [-0.1, -0.05) is 40.9 Å². The van der Waals surface area contributed by atoms with Crippen LogP contribution in [0.1, 0.15) is 63.2 Å². The minimum Gasteiger partial charge on any atom is -0.483 e. The lowest BCUT2D eigenvalue weighted by Crippen LogP contribution is -2.20. The fourth-order valence-electron chi connectivity index (χ4n) is 4.31. The van der Waals surface area contributed by atoms with E-state index < -0.39 is 5.91 Å². The van der Waals surface area contributed by atoms with Crippen molar-refractivity contribution in [3.8, 4) is 5.75 Å². The highest BCUT2D eigenvalue weighted by Gasteiger charge is 2.24. The number of halogens is 1. The fraction of sp³-hybridized carbons (Fsp3) is 0.321. The van der Waals surface area contributed by atoms with Crippen molar-refractivity contribution in [3.05, 3.63) is 73.6 Å². The summed E-state index contributed by atoms with van der Waals surface area (Å²) in [6, 6.07) is 11.5. The maximum Gasteiger partial charge on any atom is 0.259 e. The van der Waals surface area contributed by atoms with Gasteiger partial charge in [0.15, 0.2) is 6.61 Å². The number of fused-ring (bicyclic) bond motifs is 1. The first-order valence-corrected chi connectivity index (χ1v) is 13.7. The highest BCUT2D eigenvalue weighted by atomic mass is 79.9. The summed E-state index contributed by atoms with van der Waals surface area (Å²) in [6.45, 7) is 3.79. The first-order valence-electron chi connectivity index (χ1n) is 12.1. The van der Waals surface area contributed by atoms with Crippen LogP contribution < -0.4 is 15.8 Å². The van der Waals surface area contributed by atoms with E-state index in [1.54, 1.807) is 23.6 Å². The molecule has 2 aromatic carbocycles. The Bertz CT molecular complexity index is 1320.